The molecule has 0 radical (unpaired) electrons. The quantitative estimate of drug-likeness (QED) is 0.660. The van der Waals surface area contributed by atoms with Crippen LogP contribution in [0.15, 0.2) is 16.5 Å². The van der Waals surface area contributed by atoms with Gasteiger partial charge in [-0.2, -0.15) is 0 Å². The molecule has 3 rings (SSSR count). The Kier molecular flexibility index (Phi) is 7.53. The van der Waals surface area contributed by atoms with E-state index in [1.807, 2.05) is 0 Å². The molecule has 1 aromatic rings. The van der Waals surface area contributed by atoms with Crippen LogP contribution < -0.4 is 10.6 Å². The van der Waals surface area contributed by atoms with E-state index in [0.29, 0.717) is 24.7 Å². The van der Waals surface area contributed by atoms with Gasteiger partial charge in [-0.15, -0.1) is 0 Å². The molecule has 30 heavy (non-hydrogen) atoms. The van der Waals surface area contributed by atoms with E-state index in [-0.39, 0.29) is 24.1 Å². The molecule has 2 N–H and O–H groups in total. The van der Waals surface area contributed by atoms with Crippen molar-refractivity contribution >= 4 is 17.7 Å². The predicted molar refractivity (Wildman–Crippen MR) is 111 cm³/mol. The molecule has 1 aromatic heterocycles. The van der Waals surface area contributed by atoms with Gasteiger partial charge in [-0.3, -0.25) is 14.4 Å². The minimum atomic E-state index is -1.03. The van der Waals surface area contributed by atoms with Crippen LogP contribution in [0.2, 0.25) is 0 Å². The van der Waals surface area contributed by atoms with E-state index in [1.165, 1.54) is 4.90 Å². The molecule has 0 spiro atoms. The summed E-state index contributed by atoms with van der Waals surface area (Å²) in [6, 6.07) is 2.05. The lowest BCUT2D eigenvalue weighted by atomic mass is 10.1. The van der Waals surface area contributed by atoms with Crippen molar-refractivity contribution in [2.75, 3.05) is 13.2 Å². The van der Waals surface area contributed by atoms with Crippen molar-refractivity contribution < 1.29 is 23.5 Å². The number of aryl methyl sites for hydroxylation is 1. The van der Waals surface area contributed by atoms with E-state index in [4.69, 9.17) is 9.15 Å². The van der Waals surface area contributed by atoms with Gasteiger partial charge in [-0.1, -0.05) is 12.8 Å². The van der Waals surface area contributed by atoms with E-state index in [9.17, 15) is 14.4 Å². The summed E-state index contributed by atoms with van der Waals surface area (Å²) in [5, 5.41) is 5.71. The number of rotatable bonds is 7. The summed E-state index contributed by atoms with van der Waals surface area (Å²) in [6.45, 7) is 6.41. The standard InChI is InChI=1S/C22H33N3O5/c1-14(2)25(22(28)21(27)24-16-7-4-5-8-16)19(18-11-10-15(3)30-18)20(26)23-13-17-9-6-12-29-17/h10-11,14,16-17,19H,4-9,12-13H2,1-3H3,(H,23,26)(H,24,27)/t17-,19+/m0/s1. The number of carbonyl (C=O) groups excluding carboxylic acids is 3. The van der Waals surface area contributed by atoms with Crippen LogP contribution in [0, 0.1) is 6.92 Å². The molecule has 2 fully saturated rings. The first-order valence-corrected chi connectivity index (χ1v) is 11.0. The van der Waals surface area contributed by atoms with Crippen molar-refractivity contribution in [1.82, 2.24) is 15.5 Å². The van der Waals surface area contributed by atoms with Crippen LogP contribution >= 0.6 is 0 Å². The van der Waals surface area contributed by atoms with E-state index in [0.717, 1.165) is 38.5 Å². The Labute approximate surface area is 177 Å². The van der Waals surface area contributed by atoms with Gasteiger partial charge in [-0.25, -0.2) is 0 Å². The molecule has 1 saturated carbocycles. The highest BCUT2D eigenvalue weighted by Crippen LogP contribution is 2.26. The number of carbonyl (C=O) groups is 3. The molecule has 3 amide bonds. The van der Waals surface area contributed by atoms with Gasteiger partial charge < -0.3 is 24.7 Å². The molecule has 1 saturated heterocycles. The molecule has 0 bridgehead atoms. The maximum absolute atomic E-state index is 13.2. The number of furan rings is 1. The first-order valence-electron chi connectivity index (χ1n) is 11.0. The number of nitrogens with one attached hydrogen (secondary N) is 2. The van der Waals surface area contributed by atoms with Crippen LogP contribution in [0.4, 0.5) is 0 Å². The lowest BCUT2D eigenvalue weighted by molar-refractivity contribution is -0.152. The van der Waals surface area contributed by atoms with Crippen LogP contribution in [0.25, 0.3) is 0 Å². The van der Waals surface area contributed by atoms with Crippen molar-refractivity contribution in [3.63, 3.8) is 0 Å². The lowest BCUT2D eigenvalue weighted by Crippen LogP contribution is -2.53. The average molecular weight is 420 g/mol. The minimum absolute atomic E-state index is 0.0214. The summed E-state index contributed by atoms with van der Waals surface area (Å²) in [4.78, 5) is 40.3. The largest absolute Gasteiger partial charge is 0.464 e. The monoisotopic (exact) mass is 419 g/mol. The highest BCUT2D eigenvalue weighted by molar-refractivity contribution is 6.35. The zero-order valence-corrected chi connectivity index (χ0v) is 18.1. The fraction of sp³-hybridized carbons (Fsp3) is 0.682. The molecule has 8 nitrogen and oxygen atoms in total. The zero-order chi connectivity index (χ0) is 21.7. The molecule has 2 heterocycles. The molecule has 0 aromatic carbocycles. The molecule has 1 aliphatic heterocycles. The molecule has 2 atom stereocenters. The Morgan fingerprint density at radius 1 is 1.13 bits per heavy atom. The Balaban J connectivity index is 1.79. The fourth-order valence-electron chi connectivity index (χ4n) is 4.19. The topological polar surface area (TPSA) is 101 Å². The van der Waals surface area contributed by atoms with Crippen LogP contribution in [-0.4, -0.2) is 54.0 Å². The average Bonchev–Trinajstić information content (AvgIpc) is 3.46. The van der Waals surface area contributed by atoms with Gasteiger partial charge in [-0.05, 0) is 58.6 Å². The maximum atomic E-state index is 13.2. The summed E-state index contributed by atoms with van der Waals surface area (Å²) in [5.41, 5.74) is 0. The molecular formula is C22H33N3O5. The first-order chi connectivity index (χ1) is 14.4. The molecule has 166 valence electrons. The Morgan fingerprint density at radius 3 is 2.43 bits per heavy atom. The second-order valence-electron chi connectivity index (χ2n) is 8.49. The second kappa shape index (κ2) is 10.1. The van der Waals surface area contributed by atoms with Gasteiger partial charge in [0.1, 0.15) is 11.5 Å². The van der Waals surface area contributed by atoms with Gasteiger partial charge in [0.2, 0.25) is 0 Å². The fourth-order valence-corrected chi connectivity index (χ4v) is 4.19. The van der Waals surface area contributed by atoms with Crippen molar-refractivity contribution in [2.45, 2.75) is 83.5 Å². The van der Waals surface area contributed by atoms with Crippen LogP contribution in [0.5, 0.6) is 0 Å². The zero-order valence-electron chi connectivity index (χ0n) is 18.1. The Hall–Kier alpha value is -2.35. The van der Waals surface area contributed by atoms with Gasteiger partial charge >= 0.3 is 11.8 Å². The van der Waals surface area contributed by atoms with Crippen molar-refractivity contribution in [1.29, 1.82) is 0 Å². The number of ether oxygens (including phenoxy) is 1. The van der Waals surface area contributed by atoms with Crippen LogP contribution in [0.1, 0.15) is 69.9 Å². The third-order valence-electron chi connectivity index (χ3n) is 5.76. The number of hydrogen-bond acceptors (Lipinski definition) is 5. The number of hydrogen-bond donors (Lipinski definition) is 2. The minimum Gasteiger partial charge on any atom is -0.464 e. The first kappa shape index (κ1) is 22.3. The number of amides is 3. The lowest BCUT2D eigenvalue weighted by Gasteiger charge is -2.33. The van der Waals surface area contributed by atoms with Crippen LogP contribution in [0.3, 0.4) is 0 Å². The summed E-state index contributed by atoms with van der Waals surface area (Å²) in [5.74, 6) is -0.795. The summed E-state index contributed by atoms with van der Waals surface area (Å²) >= 11 is 0. The molecule has 8 heteroatoms. The molecular weight excluding hydrogens is 386 g/mol. The van der Waals surface area contributed by atoms with E-state index in [2.05, 4.69) is 10.6 Å². The van der Waals surface area contributed by atoms with Crippen molar-refractivity contribution in [3.05, 3.63) is 23.7 Å². The summed E-state index contributed by atoms with van der Waals surface area (Å²) in [6.07, 6.45) is 5.69. The van der Waals surface area contributed by atoms with Gasteiger partial charge in [0.25, 0.3) is 5.91 Å². The third-order valence-corrected chi connectivity index (χ3v) is 5.76. The smallest absolute Gasteiger partial charge is 0.313 e. The summed E-state index contributed by atoms with van der Waals surface area (Å²) < 4.78 is 11.3. The van der Waals surface area contributed by atoms with Gasteiger partial charge in [0.05, 0.1) is 6.10 Å². The van der Waals surface area contributed by atoms with Crippen molar-refractivity contribution in [2.24, 2.45) is 0 Å². The van der Waals surface area contributed by atoms with E-state index in [1.54, 1.807) is 32.9 Å². The molecule has 1 aliphatic carbocycles. The molecule has 2 aliphatic rings. The van der Waals surface area contributed by atoms with Crippen LogP contribution in [-0.2, 0) is 19.1 Å². The van der Waals surface area contributed by atoms with Gasteiger partial charge in [0.15, 0.2) is 6.04 Å². The Morgan fingerprint density at radius 2 is 1.87 bits per heavy atom. The summed E-state index contributed by atoms with van der Waals surface area (Å²) in [7, 11) is 0. The second-order valence-corrected chi connectivity index (χ2v) is 8.49. The maximum Gasteiger partial charge on any atom is 0.313 e. The SMILES string of the molecule is Cc1ccc([C@H](C(=O)NC[C@@H]2CCCO2)N(C(=O)C(=O)NC2CCCC2)C(C)C)o1. The predicted octanol–water partition coefficient (Wildman–Crippen LogP) is 2.22. The van der Waals surface area contributed by atoms with E-state index < -0.39 is 17.9 Å². The highest BCUT2D eigenvalue weighted by Gasteiger charge is 2.39. The Bertz CT molecular complexity index is 748. The van der Waals surface area contributed by atoms with Gasteiger partial charge in [0, 0.05) is 25.2 Å². The van der Waals surface area contributed by atoms with Crippen molar-refractivity contribution in [3.8, 4) is 0 Å². The molecule has 0 unspecified atom stereocenters. The highest BCUT2D eigenvalue weighted by atomic mass is 16.5. The normalized spacial score (nSPS) is 20.3. The van der Waals surface area contributed by atoms with E-state index >= 15 is 0 Å². The number of nitrogens with zero attached hydrogens (tertiary/aromatic N) is 1. The third kappa shape index (κ3) is 5.41.